The van der Waals surface area contributed by atoms with Gasteiger partial charge in [0.2, 0.25) is 0 Å². The molecule has 1 aliphatic heterocycles. The molecule has 5 nitrogen and oxygen atoms in total. The lowest BCUT2D eigenvalue weighted by Gasteiger charge is -2.40. The molecule has 0 spiro atoms. The number of hydrogen-bond acceptors (Lipinski definition) is 5. The van der Waals surface area contributed by atoms with E-state index >= 15 is 0 Å². The van der Waals surface area contributed by atoms with E-state index in [1.54, 1.807) is 6.20 Å². The van der Waals surface area contributed by atoms with Gasteiger partial charge in [-0.25, -0.2) is 4.98 Å². The van der Waals surface area contributed by atoms with Crippen LogP contribution in [0.25, 0.3) is 0 Å². The fourth-order valence-corrected chi connectivity index (χ4v) is 5.37. The van der Waals surface area contributed by atoms with Gasteiger partial charge in [-0.3, -0.25) is 0 Å². The highest BCUT2D eigenvalue weighted by Gasteiger charge is 2.44. The number of anilines is 1. The van der Waals surface area contributed by atoms with Crippen molar-refractivity contribution < 1.29 is 14.9 Å². The molecule has 0 amide bonds. The van der Waals surface area contributed by atoms with Crippen molar-refractivity contribution in [1.82, 2.24) is 4.98 Å². The molecule has 4 rings (SSSR count). The Balaban J connectivity index is 1.30. The molecule has 3 N–H and O–H groups in total. The van der Waals surface area contributed by atoms with Crippen LogP contribution >= 0.6 is 0 Å². The molecule has 6 atom stereocenters. The van der Waals surface area contributed by atoms with E-state index in [4.69, 9.17) is 4.74 Å². The summed E-state index contributed by atoms with van der Waals surface area (Å²) < 4.78 is 6.05. The summed E-state index contributed by atoms with van der Waals surface area (Å²) in [6, 6.07) is 5.28. The van der Waals surface area contributed by atoms with Crippen LogP contribution in [0.2, 0.25) is 0 Å². The second-order valence-corrected chi connectivity index (χ2v) is 8.57. The first-order valence-electron chi connectivity index (χ1n) is 10.4. The third-order valence-electron chi connectivity index (χ3n) is 6.75. The number of rotatable bonds is 5. The van der Waals surface area contributed by atoms with E-state index in [1.165, 1.54) is 38.5 Å². The molecule has 1 aromatic heterocycles. The van der Waals surface area contributed by atoms with E-state index in [2.05, 4.69) is 10.3 Å². The van der Waals surface area contributed by atoms with Crippen LogP contribution in [-0.2, 0) is 4.74 Å². The number of pyridine rings is 1. The lowest BCUT2D eigenvalue weighted by Crippen LogP contribution is -2.57. The Morgan fingerprint density at radius 1 is 1.04 bits per heavy atom. The first-order valence-corrected chi connectivity index (χ1v) is 10.4. The van der Waals surface area contributed by atoms with E-state index < -0.39 is 12.2 Å². The van der Waals surface area contributed by atoms with E-state index in [1.807, 2.05) is 18.2 Å². The molecule has 2 saturated carbocycles. The largest absolute Gasteiger partial charge is 0.388 e. The Morgan fingerprint density at radius 3 is 2.65 bits per heavy atom. The van der Waals surface area contributed by atoms with Gasteiger partial charge >= 0.3 is 0 Å². The molecule has 26 heavy (non-hydrogen) atoms. The van der Waals surface area contributed by atoms with Gasteiger partial charge in [-0.1, -0.05) is 38.2 Å². The summed E-state index contributed by atoms with van der Waals surface area (Å²) in [5.74, 6) is 2.78. The number of ether oxygens (including phenoxy) is 1. The summed E-state index contributed by atoms with van der Waals surface area (Å²) >= 11 is 0. The summed E-state index contributed by atoms with van der Waals surface area (Å²) in [5, 5.41) is 24.5. The quantitative estimate of drug-likeness (QED) is 0.753. The Bertz CT molecular complexity index is 564. The van der Waals surface area contributed by atoms with E-state index in [9.17, 15) is 10.2 Å². The number of nitrogens with zero attached hydrogens (tertiary/aromatic N) is 1. The molecule has 3 fully saturated rings. The van der Waals surface area contributed by atoms with Crippen molar-refractivity contribution in [3.05, 3.63) is 24.4 Å². The summed E-state index contributed by atoms with van der Waals surface area (Å²) in [6.07, 6.45) is 10.3. The van der Waals surface area contributed by atoms with Crippen LogP contribution in [0.5, 0.6) is 0 Å². The topological polar surface area (TPSA) is 74.6 Å². The minimum Gasteiger partial charge on any atom is -0.388 e. The monoisotopic (exact) mass is 360 g/mol. The van der Waals surface area contributed by atoms with Crippen molar-refractivity contribution in [1.29, 1.82) is 0 Å². The first-order chi connectivity index (χ1) is 12.7. The Kier molecular flexibility index (Phi) is 5.77. The molecule has 1 aromatic rings. The summed E-state index contributed by atoms with van der Waals surface area (Å²) in [5.41, 5.74) is 0. The zero-order valence-corrected chi connectivity index (χ0v) is 15.5. The predicted octanol–water partition coefficient (Wildman–Crippen LogP) is 2.98. The smallest absolute Gasteiger partial charge is 0.126 e. The molecule has 2 unspecified atom stereocenters. The normalized spacial score (nSPS) is 38.5. The maximum Gasteiger partial charge on any atom is 0.126 e. The zero-order valence-electron chi connectivity index (χ0n) is 15.5. The van der Waals surface area contributed by atoms with E-state index in [-0.39, 0.29) is 12.1 Å². The van der Waals surface area contributed by atoms with Crippen LogP contribution in [0.1, 0.15) is 51.4 Å². The standard InChI is InChI=1S/C21H32N2O3/c24-19-17(23-18-7-3-4-10-22-18)13-26-21(20(19)25)16-9-8-15(12-16)11-14-5-1-2-6-14/h3-4,7,10,14-17,19-21,24-25H,1-2,5-6,8-9,11-13H2,(H,22,23)/t15?,16?,17-,19+,20+,21+/m0/s1. The Morgan fingerprint density at radius 2 is 1.88 bits per heavy atom. The number of hydrogen-bond donors (Lipinski definition) is 3. The van der Waals surface area contributed by atoms with Gasteiger partial charge in [0, 0.05) is 6.20 Å². The lowest BCUT2D eigenvalue weighted by molar-refractivity contribution is -0.158. The second kappa shape index (κ2) is 8.24. The summed E-state index contributed by atoms with van der Waals surface area (Å²) in [7, 11) is 0. The van der Waals surface area contributed by atoms with Crippen molar-refractivity contribution in [3.63, 3.8) is 0 Å². The lowest BCUT2D eigenvalue weighted by atomic mass is 9.86. The van der Waals surface area contributed by atoms with Crippen molar-refractivity contribution in [2.24, 2.45) is 17.8 Å². The number of aliphatic hydroxyl groups is 2. The number of aromatic nitrogens is 1. The second-order valence-electron chi connectivity index (χ2n) is 8.57. The van der Waals surface area contributed by atoms with E-state index in [0.717, 1.165) is 24.7 Å². The first kappa shape index (κ1) is 18.2. The van der Waals surface area contributed by atoms with Gasteiger partial charge in [-0.15, -0.1) is 0 Å². The minimum atomic E-state index is -0.833. The maximum absolute atomic E-state index is 10.7. The molecule has 2 aliphatic carbocycles. The number of nitrogens with one attached hydrogen (secondary N) is 1. The fourth-order valence-electron chi connectivity index (χ4n) is 5.37. The molecular weight excluding hydrogens is 328 g/mol. The van der Waals surface area contributed by atoms with E-state index in [0.29, 0.717) is 18.3 Å². The average Bonchev–Trinajstić information content (AvgIpc) is 3.33. The van der Waals surface area contributed by atoms with Crippen LogP contribution in [0.15, 0.2) is 24.4 Å². The highest BCUT2D eigenvalue weighted by molar-refractivity contribution is 5.35. The van der Waals surface area contributed by atoms with Gasteiger partial charge in [0.05, 0.1) is 18.8 Å². The average molecular weight is 360 g/mol. The van der Waals surface area contributed by atoms with Gasteiger partial charge in [0.1, 0.15) is 18.0 Å². The van der Waals surface area contributed by atoms with Gasteiger partial charge < -0.3 is 20.3 Å². The van der Waals surface area contributed by atoms with Crippen LogP contribution in [0.4, 0.5) is 5.82 Å². The predicted molar refractivity (Wildman–Crippen MR) is 101 cm³/mol. The third-order valence-corrected chi connectivity index (χ3v) is 6.75. The Labute approximate surface area is 156 Å². The molecular formula is C21H32N2O3. The van der Waals surface area contributed by atoms with Gasteiger partial charge in [-0.2, -0.15) is 0 Å². The fraction of sp³-hybridized carbons (Fsp3) is 0.762. The molecule has 0 bridgehead atoms. The van der Waals surface area contributed by atoms with Crippen molar-refractivity contribution in [3.8, 4) is 0 Å². The van der Waals surface area contributed by atoms with Crippen LogP contribution in [0.3, 0.4) is 0 Å². The van der Waals surface area contributed by atoms with Gasteiger partial charge in [-0.05, 0) is 49.1 Å². The van der Waals surface area contributed by atoms with Crippen molar-refractivity contribution in [2.45, 2.75) is 75.7 Å². The zero-order chi connectivity index (χ0) is 17.9. The molecule has 0 radical (unpaired) electrons. The molecule has 0 aromatic carbocycles. The highest BCUT2D eigenvalue weighted by atomic mass is 16.5. The summed E-state index contributed by atoms with van der Waals surface area (Å²) in [6.45, 7) is 0.406. The third kappa shape index (κ3) is 4.05. The molecule has 1 saturated heterocycles. The maximum atomic E-state index is 10.7. The molecule has 2 heterocycles. The van der Waals surface area contributed by atoms with Crippen LogP contribution in [0, 0.1) is 17.8 Å². The molecule has 3 aliphatic rings. The van der Waals surface area contributed by atoms with Gasteiger partial charge in [0.15, 0.2) is 0 Å². The minimum absolute atomic E-state index is 0.236. The van der Waals surface area contributed by atoms with Crippen LogP contribution < -0.4 is 5.32 Å². The summed E-state index contributed by atoms with van der Waals surface area (Å²) in [4.78, 5) is 4.23. The Hall–Kier alpha value is -1.17. The SMILES string of the molecule is O[C@@H]1[C@H](O)[C@@H](Nc2ccccn2)CO[C@@H]1C1CCC(CC2CCCC2)C1. The van der Waals surface area contributed by atoms with Gasteiger partial charge in [0.25, 0.3) is 0 Å². The number of aliphatic hydroxyl groups excluding tert-OH is 2. The highest BCUT2D eigenvalue weighted by Crippen LogP contribution is 2.42. The van der Waals surface area contributed by atoms with Crippen molar-refractivity contribution >= 4 is 5.82 Å². The van der Waals surface area contributed by atoms with Crippen molar-refractivity contribution in [2.75, 3.05) is 11.9 Å². The molecule has 144 valence electrons. The van der Waals surface area contributed by atoms with Crippen LogP contribution in [-0.4, -0.2) is 46.2 Å². The molecule has 5 heteroatoms.